The Morgan fingerprint density at radius 3 is 2.87 bits per heavy atom. The van der Waals surface area contributed by atoms with Crippen LogP contribution in [-0.4, -0.2) is 23.3 Å². The van der Waals surface area contributed by atoms with Gasteiger partial charge in [0, 0.05) is 0 Å². The van der Waals surface area contributed by atoms with E-state index >= 15 is 0 Å². The van der Waals surface area contributed by atoms with E-state index in [0.29, 0.717) is 22.4 Å². The number of ether oxygens (including phenoxy) is 1. The fourth-order valence-corrected chi connectivity index (χ4v) is 1.53. The molecule has 1 N–H and O–H groups in total. The van der Waals surface area contributed by atoms with Crippen molar-refractivity contribution >= 4 is 16.9 Å². The second-order valence-corrected chi connectivity index (χ2v) is 3.09. The summed E-state index contributed by atoms with van der Waals surface area (Å²) in [5, 5.41) is 13.3. The number of carboxylic acid groups (broad SMARTS) is 1. The molecule has 2 rings (SSSR count). The fourth-order valence-electron chi connectivity index (χ4n) is 1.53. The predicted octanol–water partition coefficient (Wildman–Crippen LogP) is 1.84. The van der Waals surface area contributed by atoms with Gasteiger partial charge in [0.15, 0.2) is 5.58 Å². The number of hydrogen-bond donors (Lipinski definition) is 1. The molecule has 0 fully saturated rings. The van der Waals surface area contributed by atoms with Crippen molar-refractivity contribution in [1.29, 1.82) is 0 Å². The first-order valence-corrected chi connectivity index (χ1v) is 4.31. The Balaban J connectivity index is 2.85. The lowest BCUT2D eigenvalue weighted by Gasteiger charge is -2.05. The summed E-state index contributed by atoms with van der Waals surface area (Å²) >= 11 is 0. The van der Waals surface area contributed by atoms with Crippen LogP contribution in [0, 0.1) is 6.92 Å². The maximum Gasteiger partial charge on any atom is 0.339 e. The minimum atomic E-state index is -1.03. The third kappa shape index (κ3) is 1.32. The van der Waals surface area contributed by atoms with E-state index in [4.69, 9.17) is 14.4 Å². The zero-order valence-corrected chi connectivity index (χ0v) is 8.27. The molecule has 1 aromatic carbocycles. The van der Waals surface area contributed by atoms with Crippen LogP contribution in [-0.2, 0) is 0 Å². The Labute approximate surface area is 85.2 Å². The van der Waals surface area contributed by atoms with Gasteiger partial charge in [-0.25, -0.2) is 4.79 Å². The first kappa shape index (κ1) is 9.51. The average Bonchev–Trinajstić information content (AvgIpc) is 2.59. The lowest BCUT2D eigenvalue weighted by atomic mass is 10.1. The monoisotopic (exact) mass is 207 g/mol. The minimum absolute atomic E-state index is 0.108. The number of nitrogens with zero attached hydrogens (tertiary/aromatic N) is 1. The molecule has 78 valence electrons. The maximum atomic E-state index is 10.9. The number of aryl methyl sites for hydroxylation is 1. The fraction of sp³-hybridized carbons (Fsp3) is 0.200. The highest BCUT2D eigenvalue weighted by Crippen LogP contribution is 2.31. The third-order valence-electron chi connectivity index (χ3n) is 2.20. The van der Waals surface area contributed by atoms with Crippen LogP contribution in [0.1, 0.15) is 16.1 Å². The van der Waals surface area contributed by atoms with Crippen molar-refractivity contribution < 1.29 is 19.2 Å². The molecule has 1 heterocycles. The second-order valence-electron chi connectivity index (χ2n) is 3.09. The van der Waals surface area contributed by atoms with Crippen LogP contribution in [0.15, 0.2) is 16.7 Å². The number of carbonyl (C=O) groups is 1. The van der Waals surface area contributed by atoms with Crippen LogP contribution in [0.2, 0.25) is 0 Å². The maximum absolute atomic E-state index is 10.9. The molecule has 0 saturated carbocycles. The van der Waals surface area contributed by atoms with E-state index in [1.807, 2.05) is 0 Å². The summed E-state index contributed by atoms with van der Waals surface area (Å²) in [6, 6.07) is 3.01. The molecule has 2 aromatic rings. The van der Waals surface area contributed by atoms with Gasteiger partial charge in [0.05, 0.1) is 18.2 Å². The predicted molar refractivity (Wildman–Crippen MR) is 52.3 cm³/mol. The Morgan fingerprint density at radius 2 is 2.27 bits per heavy atom. The van der Waals surface area contributed by atoms with E-state index in [9.17, 15) is 4.79 Å². The number of aromatic nitrogens is 1. The van der Waals surface area contributed by atoms with Crippen molar-refractivity contribution in [3.8, 4) is 5.75 Å². The first-order valence-electron chi connectivity index (χ1n) is 4.31. The normalized spacial score (nSPS) is 10.5. The number of methoxy groups -OCH3 is 1. The quantitative estimate of drug-likeness (QED) is 0.813. The van der Waals surface area contributed by atoms with Crippen molar-refractivity contribution in [1.82, 2.24) is 5.16 Å². The molecule has 0 aliphatic carbocycles. The molecule has 15 heavy (non-hydrogen) atoms. The van der Waals surface area contributed by atoms with Crippen molar-refractivity contribution in [2.75, 3.05) is 7.11 Å². The number of fused-ring (bicyclic) bond motifs is 1. The molecular formula is C10H9NO4. The number of aromatic carboxylic acids is 1. The molecule has 0 radical (unpaired) electrons. The summed E-state index contributed by atoms with van der Waals surface area (Å²) in [5.74, 6) is -0.742. The topological polar surface area (TPSA) is 72.6 Å². The van der Waals surface area contributed by atoms with Gasteiger partial charge in [0.1, 0.15) is 11.3 Å². The molecule has 0 aliphatic heterocycles. The Kier molecular flexibility index (Phi) is 2.07. The SMILES string of the molecule is COc1c(C(=O)O)ccc2onc(C)c12. The smallest absolute Gasteiger partial charge is 0.339 e. The van der Waals surface area contributed by atoms with E-state index in [1.165, 1.54) is 13.2 Å². The molecule has 1 aromatic heterocycles. The zero-order valence-electron chi connectivity index (χ0n) is 8.27. The molecule has 5 heteroatoms. The third-order valence-corrected chi connectivity index (χ3v) is 2.20. The van der Waals surface area contributed by atoms with Gasteiger partial charge >= 0.3 is 5.97 Å². The van der Waals surface area contributed by atoms with Gasteiger partial charge in [-0.05, 0) is 19.1 Å². The highest BCUT2D eigenvalue weighted by atomic mass is 16.5. The number of benzene rings is 1. The number of rotatable bonds is 2. The Morgan fingerprint density at radius 1 is 1.53 bits per heavy atom. The Bertz CT molecular complexity index is 529. The van der Waals surface area contributed by atoms with Crippen molar-refractivity contribution in [2.45, 2.75) is 6.92 Å². The van der Waals surface area contributed by atoms with E-state index < -0.39 is 5.97 Å². The molecule has 0 spiro atoms. The summed E-state index contributed by atoms with van der Waals surface area (Å²) in [6.07, 6.45) is 0. The van der Waals surface area contributed by atoms with Gasteiger partial charge in [-0.15, -0.1) is 0 Å². The van der Waals surface area contributed by atoms with Crippen LogP contribution in [0.5, 0.6) is 5.75 Å². The van der Waals surface area contributed by atoms with Gasteiger partial charge < -0.3 is 14.4 Å². The standard InChI is InChI=1S/C10H9NO4/c1-5-8-7(15-11-5)4-3-6(10(12)13)9(8)14-2/h3-4H,1-2H3,(H,12,13). The summed E-state index contributed by atoms with van der Waals surface area (Å²) in [4.78, 5) is 10.9. The summed E-state index contributed by atoms with van der Waals surface area (Å²) in [6.45, 7) is 1.74. The lowest BCUT2D eigenvalue weighted by Crippen LogP contribution is -2.00. The van der Waals surface area contributed by atoms with Gasteiger partial charge in [0.2, 0.25) is 0 Å². The van der Waals surface area contributed by atoms with Crippen LogP contribution in [0.25, 0.3) is 11.0 Å². The number of hydrogen-bond acceptors (Lipinski definition) is 4. The van der Waals surface area contributed by atoms with E-state index in [0.717, 1.165) is 0 Å². The highest BCUT2D eigenvalue weighted by Gasteiger charge is 2.18. The van der Waals surface area contributed by atoms with Crippen LogP contribution < -0.4 is 4.74 Å². The number of carboxylic acids is 1. The van der Waals surface area contributed by atoms with Crippen LogP contribution >= 0.6 is 0 Å². The molecule has 0 bridgehead atoms. The van der Waals surface area contributed by atoms with Crippen LogP contribution in [0.3, 0.4) is 0 Å². The molecule has 0 unspecified atom stereocenters. The largest absolute Gasteiger partial charge is 0.495 e. The first-order chi connectivity index (χ1) is 7.15. The molecule has 5 nitrogen and oxygen atoms in total. The Hall–Kier alpha value is -2.04. The molecular weight excluding hydrogens is 198 g/mol. The zero-order chi connectivity index (χ0) is 11.0. The average molecular weight is 207 g/mol. The van der Waals surface area contributed by atoms with Gasteiger partial charge in [-0.3, -0.25) is 0 Å². The summed E-state index contributed by atoms with van der Waals surface area (Å²) < 4.78 is 10.1. The summed E-state index contributed by atoms with van der Waals surface area (Å²) in [5.41, 5.74) is 1.25. The van der Waals surface area contributed by atoms with E-state index in [1.54, 1.807) is 13.0 Å². The minimum Gasteiger partial charge on any atom is -0.495 e. The molecule has 0 atom stereocenters. The van der Waals surface area contributed by atoms with E-state index in [2.05, 4.69) is 5.16 Å². The van der Waals surface area contributed by atoms with Gasteiger partial charge in [-0.2, -0.15) is 0 Å². The van der Waals surface area contributed by atoms with E-state index in [-0.39, 0.29) is 5.56 Å². The van der Waals surface area contributed by atoms with Crippen LogP contribution in [0.4, 0.5) is 0 Å². The highest BCUT2D eigenvalue weighted by molar-refractivity contribution is 5.99. The van der Waals surface area contributed by atoms with Crippen molar-refractivity contribution in [2.24, 2.45) is 0 Å². The molecule has 0 aliphatic rings. The van der Waals surface area contributed by atoms with Gasteiger partial charge in [-0.1, -0.05) is 5.16 Å². The summed E-state index contributed by atoms with van der Waals surface area (Å²) in [7, 11) is 1.42. The van der Waals surface area contributed by atoms with Crippen molar-refractivity contribution in [3.05, 3.63) is 23.4 Å². The van der Waals surface area contributed by atoms with Gasteiger partial charge in [0.25, 0.3) is 0 Å². The van der Waals surface area contributed by atoms with Crippen molar-refractivity contribution in [3.63, 3.8) is 0 Å². The molecule has 0 amide bonds. The molecule has 0 saturated heterocycles. The lowest BCUT2D eigenvalue weighted by molar-refractivity contribution is 0.0693. The second kappa shape index (κ2) is 3.27.